The lowest BCUT2D eigenvalue weighted by molar-refractivity contribution is -0.770. The van der Waals surface area contributed by atoms with Crippen LogP contribution < -0.4 is 0 Å². The fourth-order valence-corrected chi connectivity index (χ4v) is 1.99. The second-order valence-corrected chi connectivity index (χ2v) is 3.60. The number of methoxy groups -OCH3 is 1. The zero-order valence-corrected chi connectivity index (χ0v) is 8.57. The summed E-state index contributed by atoms with van der Waals surface area (Å²) in [4.78, 5) is 14.8. The van der Waals surface area contributed by atoms with Crippen LogP contribution in [-0.2, 0) is 9.57 Å². The Morgan fingerprint density at radius 3 is 2.81 bits per heavy atom. The van der Waals surface area contributed by atoms with E-state index in [9.17, 15) is 10.1 Å². The first kappa shape index (κ1) is 10.7. The number of tetrazole rings is 1. The lowest BCUT2D eigenvalue weighted by Gasteiger charge is -2.14. The van der Waals surface area contributed by atoms with Crippen molar-refractivity contribution in [3.05, 3.63) is 15.9 Å². The van der Waals surface area contributed by atoms with Crippen LogP contribution in [0.15, 0.2) is 0 Å². The summed E-state index contributed by atoms with van der Waals surface area (Å²) in [5.41, 5.74) is 0. The van der Waals surface area contributed by atoms with E-state index in [1.54, 1.807) is 0 Å². The van der Waals surface area contributed by atoms with Gasteiger partial charge in [-0.15, -0.1) is 15.2 Å². The zero-order valence-electron chi connectivity index (χ0n) is 8.57. The fourth-order valence-electron chi connectivity index (χ4n) is 1.99. The SMILES string of the molecule is CO[C@H]1C[C@@H](c2nnn[nH]2)C[C@@H]1O[N+](=O)[O-]. The molecule has 0 unspecified atom stereocenters. The molecule has 1 aromatic rings. The van der Waals surface area contributed by atoms with Crippen LogP contribution in [0.3, 0.4) is 0 Å². The van der Waals surface area contributed by atoms with Gasteiger partial charge in [-0.2, -0.15) is 0 Å². The van der Waals surface area contributed by atoms with Gasteiger partial charge in [-0.1, -0.05) is 0 Å². The van der Waals surface area contributed by atoms with Gasteiger partial charge in [-0.25, -0.2) is 5.10 Å². The van der Waals surface area contributed by atoms with E-state index in [0.717, 1.165) is 0 Å². The van der Waals surface area contributed by atoms with E-state index >= 15 is 0 Å². The molecule has 9 heteroatoms. The van der Waals surface area contributed by atoms with Crippen LogP contribution in [0.2, 0.25) is 0 Å². The van der Waals surface area contributed by atoms with E-state index in [-0.39, 0.29) is 12.0 Å². The standard InChI is InChI=1S/C7H11N5O4/c1-15-5-2-4(7-8-10-11-9-7)3-6(5)16-12(13)14/h4-6H,2-3H2,1H3,(H,8,9,10,11)/t4-,5+,6+/m1/s1. The van der Waals surface area contributed by atoms with Gasteiger partial charge in [-0.3, -0.25) is 0 Å². The highest BCUT2D eigenvalue weighted by molar-refractivity contribution is 5.00. The van der Waals surface area contributed by atoms with Crippen molar-refractivity contribution in [3.63, 3.8) is 0 Å². The predicted molar refractivity (Wildman–Crippen MR) is 48.8 cm³/mol. The van der Waals surface area contributed by atoms with Gasteiger partial charge in [0.25, 0.3) is 5.09 Å². The van der Waals surface area contributed by atoms with Crippen molar-refractivity contribution < 1.29 is 14.7 Å². The summed E-state index contributed by atoms with van der Waals surface area (Å²) in [5.74, 6) is 0.612. The number of aromatic amines is 1. The van der Waals surface area contributed by atoms with Crippen LogP contribution in [0.25, 0.3) is 0 Å². The molecule has 16 heavy (non-hydrogen) atoms. The highest BCUT2D eigenvalue weighted by Crippen LogP contribution is 2.35. The molecule has 0 amide bonds. The average molecular weight is 229 g/mol. The number of ether oxygens (including phenoxy) is 1. The number of nitrogens with zero attached hydrogens (tertiary/aromatic N) is 4. The molecule has 1 aliphatic rings. The van der Waals surface area contributed by atoms with Crippen LogP contribution in [0.4, 0.5) is 0 Å². The molecule has 1 aliphatic carbocycles. The second-order valence-electron chi connectivity index (χ2n) is 3.60. The molecule has 0 saturated heterocycles. The molecule has 0 aliphatic heterocycles. The minimum atomic E-state index is -0.794. The molecule has 1 aromatic heterocycles. The number of hydrogen-bond acceptors (Lipinski definition) is 7. The summed E-state index contributed by atoms with van der Waals surface area (Å²) in [6.45, 7) is 0. The summed E-state index contributed by atoms with van der Waals surface area (Å²) in [5, 5.41) is 22.9. The normalized spacial score (nSPS) is 29.2. The first-order chi connectivity index (χ1) is 7.70. The van der Waals surface area contributed by atoms with E-state index in [1.807, 2.05) is 0 Å². The molecule has 0 aromatic carbocycles. The molecule has 3 atom stereocenters. The maximum Gasteiger partial charge on any atom is 0.294 e. The van der Waals surface area contributed by atoms with Gasteiger partial charge < -0.3 is 9.57 Å². The van der Waals surface area contributed by atoms with E-state index < -0.39 is 11.2 Å². The van der Waals surface area contributed by atoms with Crippen molar-refractivity contribution in [2.24, 2.45) is 0 Å². The summed E-state index contributed by atoms with van der Waals surface area (Å²) in [7, 11) is 1.50. The van der Waals surface area contributed by atoms with Gasteiger partial charge >= 0.3 is 0 Å². The Morgan fingerprint density at radius 2 is 2.25 bits per heavy atom. The smallest absolute Gasteiger partial charge is 0.294 e. The molecular weight excluding hydrogens is 218 g/mol. The van der Waals surface area contributed by atoms with Crippen molar-refractivity contribution in [3.8, 4) is 0 Å². The van der Waals surface area contributed by atoms with E-state index in [4.69, 9.17) is 4.74 Å². The van der Waals surface area contributed by atoms with Gasteiger partial charge in [0.1, 0.15) is 6.10 Å². The number of aromatic nitrogens is 4. The van der Waals surface area contributed by atoms with Crippen LogP contribution in [0.5, 0.6) is 0 Å². The third kappa shape index (κ3) is 2.08. The lowest BCUT2D eigenvalue weighted by atomic mass is 10.1. The van der Waals surface area contributed by atoms with Crippen LogP contribution in [-0.4, -0.2) is 45.0 Å². The molecule has 1 heterocycles. The highest BCUT2D eigenvalue weighted by Gasteiger charge is 2.39. The van der Waals surface area contributed by atoms with Gasteiger partial charge in [0.05, 0.1) is 6.10 Å². The second kappa shape index (κ2) is 4.39. The first-order valence-corrected chi connectivity index (χ1v) is 4.78. The Labute approximate surface area is 90.2 Å². The number of nitrogens with one attached hydrogen (secondary N) is 1. The molecule has 1 fully saturated rings. The molecule has 1 N–H and O–H groups in total. The Kier molecular flexibility index (Phi) is 2.95. The quantitative estimate of drug-likeness (QED) is 0.554. The summed E-state index contributed by atoms with van der Waals surface area (Å²) < 4.78 is 5.14. The van der Waals surface area contributed by atoms with E-state index in [1.165, 1.54) is 7.11 Å². The number of hydrogen-bond donors (Lipinski definition) is 1. The van der Waals surface area contributed by atoms with Gasteiger partial charge in [-0.05, 0) is 23.3 Å². The molecular formula is C7H11N5O4. The Morgan fingerprint density at radius 1 is 1.50 bits per heavy atom. The monoisotopic (exact) mass is 229 g/mol. The lowest BCUT2D eigenvalue weighted by Crippen LogP contribution is -2.27. The summed E-state index contributed by atoms with van der Waals surface area (Å²) >= 11 is 0. The van der Waals surface area contributed by atoms with Crippen LogP contribution in [0.1, 0.15) is 24.6 Å². The molecule has 2 rings (SSSR count). The average Bonchev–Trinajstić information content (AvgIpc) is 2.83. The highest BCUT2D eigenvalue weighted by atomic mass is 17.0. The predicted octanol–water partition coefficient (Wildman–Crippen LogP) is -0.331. The van der Waals surface area contributed by atoms with Gasteiger partial charge in [0.2, 0.25) is 0 Å². The Balaban J connectivity index is 2.04. The number of rotatable bonds is 4. The molecule has 88 valence electrons. The van der Waals surface area contributed by atoms with E-state index in [0.29, 0.717) is 18.7 Å². The maximum absolute atomic E-state index is 10.3. The van der Waals surface area contributed by atoms with Gasteiger partial charge in [0, 0.05) is 13.0 Å². The van der Waals surface area contributed by atoms with Crippen molar-refractivity contribution in [2.45, 2.75) is 31.0 Å². The molecule has 0 spiro atoms. The first-order valence-electron chi connectivity index (χ1n) is 4.78. The molecule has 0 bridgehead atoms. The Bertz CT molecular complexity index is 356. The van der Waals surface area contributed by atoms with Crippen LogP contribution >= 0.6 is 0 Å². The van der Waals surface area contributed by atoms with Gasteiger partial charge in [0.15, 0.2) is 5.82 Å². The molecule has 1 saturated carbocycles. The molecule has 0 radical (unpaired) electrons. The summed E-state index contributed by atoms with van der Waals surface area (Å²) in [6, 6.07) is 0. The largest absolute Gasteiger partial charge is 0.379 e. The van der Waals surface area contributed by atoms with Crippen molar-refractivity contribution in [1.29, 1.82) is 0 Å². The zero-order chi connectivity index (χ0) is 11.5. The maximum atomic E-state index is 10.3. The van der Waals surface area contributed by atoms with Crippen molar-refractivity contribution in [2.75, 3.05) is 7.11 Å². The third-order valence-corrected chi connectivity index (χ3v) is 2.72. The van der Waals surface area contributed by atoms with E-state index in [2.05, 4.69) is 25.5 Å². The topological polar surface area (TPSA) is 116 Å². The molecule has 9 nitrogen and oxygen atoms in total. The Hall–Kier alpha value is -1.77. The third-order valence-electron chi connectivity index (χ3n) is 2.72. The summed E-state index contributed by atoms with van der Waals surface area (Å²) in [6.07, 6.45) is 0.206. The minimum absolute atomic E-state index is 0.00454. The minimum Gasteiger partial charge on any atom is -0.379 e. The van der Waals surface area contributed by atoms with Crippen LogP contribution in [0, 0.1) is 10.1 Å². The van der Waals surface area contributed by atoms with Crippen molar-refractivity contribution in [1.82, 2.24) is 20.6 Å². The fraction of sp³-hybridized carbons (Fsp3) is 0.857. The van der Waals surface area contributed by atoms with Crippen molar-refractivity contribution >= 4 is 0 Å². The number of H-pyrrole nitrogens is 1.